The van der Waals surface area contributed by atoms with E-state index in [1.807, 2.05) is 0 Å². The molecule has 4 heteroatoms. The summed E-state index contributed by atoms with van der Waals surface area (Å²) in [6, 6.07) is 6.85. The molecule has 0 bridgehead atoms. The monoisotopic (exact) mass is 352 g/mol. The number of piperidine rings is 1. The Kier molecular flexibility index (Phi) is 5.63. The van der Waals surface area contributed by atoms with E-state index in [1.54, 1.807) is 0 Å². The number of fused-ring (bicyclic) bond motifs is 1. The van der Waals surface area contributed by atoms with Gasteiger partial charge in [-0.15, -0.1) is 12.4 Å². The minimum atomic E-state index is 0. The number of rotatable bonds is 1. The number of thiocarbonyl (C=S) groups is 1. The number of anilines is 1. The van der Waals surface area contributed by atoms with Gasteiger partial charge in [0.2, 0.25) is 0 Å². The number of hydrogen-bond donors (Lipinski definition) is 0. The van der Waals surface area contributed by atoms with Crippen LogP contribution < -0.4 is 4.90 Å². The largest absolute Gasteiger partial charge is 0.369 e. The molecule has 2 heterocycles. The molecule has 0 spiro atoms. The van der Waals surface area contributed by atoms with E-state index in [0.29, 0.717) is 5.92 Å². The van der Waals surface area contributed by atoms with Gasteiger partial charge < -0.3 is 9.80 Å². The molecule has 128 valence electrons. The fourth-order valence-electron chi connectivity index (χ4n) is 3.99. The Bertz CT molecular complexity index is 579. The summed E-state index contributed by atoms with van der Waals surface area (Å²) < 4.78 is 0. The van der Waals surface area contributed by atoms with E-state index >= 15 is 0 Å². The standard InChI is InChI=1S/C19H28N2S.ClH/c1-14-13-19(2,3)20(4)17-9-8-15(12-16(14)17)18(22)21-10-6-5-7-11-21;/h8-9,12,14H,5-7,10-11,13H2,1-4H3;1H. The van der Waals surface area contributed by atoms with Crippen molar-refractivity contribution in [3.8, 4) is 0 Å². The lowest BCUT2D eigenvalue weighted by molar-refractivity contribution is 0.347. The summed E-state index contributed by atoms with van der Waals surface area (Å²) in [5.41, 5.74) is 4.28. The predicted octanol–water partition coefficient (Wildman–Crippen LogP) is 4.99. The average molecular weight is 353 g/mol. The van der Waals surface area contributed by atoms with Gasteiger partial charge in [0, 0.05) is 36.9 Å². The lowest BCUT2D eigenvalue weighted by Gasteiger charge is -2.45. The normalized spacial score (nSPS) is 23.0. The minimum Gasteiger partial charge on any atom is -0.369 e. The molecule has 23 heavy (non-hydrogen) atoms. The highest BCUT2D eigenvalue weighted by molar-refractivity contribution is 7.80. The van der Waals surface area contributed by atoms with Crippen LogP contribution in [0.4, 0.5) is 5.69 Å². The first-order valence-corrected chi connectivity index (χ1v) is 8.98. The minimum absolute atomic E-state index is 0. The van der Waals surface area contributed by atoms with E-state index in [1.165, 1.54) is 42.5 Å². The number of halogens is 1. The zero-order chi connectivity index (χ0) is 15.9. The molecule has 1 atom stereocenters. The Labute approximate surface area is 152 Å². The van der Waals surface area contributed by atoms with Crippen molar-refractivity contribution in [2.24, 2.45) is 0 Å². The van der Waals surface area contributed by atoms with E-state index in [2.05, 4.69) is 55.8 Å². The van der Waals surface area contributed by atoms with Crippen molar-refractivity contribution in [2.45, 2.75) is 57.9 Å². The average Bonchev–Trinajstić information content (AvgIpc) is 2.52. The fraction of sp³-hybridized carbons (Fsp3) is 0.632. The predicted molar refractivity (Wildman–Crippen MR) is 106 cm³/mol. The molecule has 0 aliphatic carbocycles. The first kappa shape index (κ1) is 18.5. The summed E-state index contributed by atoms with van der Waals surface area (Å²) in [5, 5.41) is 0. The van der Waals surface area contributed by atoms with Crippen LogP contribution >= 0.6 is 24.6 Å². The molecule has 1 aromatic carbocycles. The molecule has 1 fully saturated rings. The zero-order valence-corrected chi connectivity index (χ0v) is 16.4. The van der Waals surface area contributed by atoms with Crippen molar-refractivity contribution in [1.29, 1.82) is 0 Å². The number of likely N-dealkylation sites (tertiary alicyclic amines) is 1. The Balaban J connectivity index is 0.00000192. The van der Waals surface area contributed by atoms with Gasteiger partial charge in [-0.3, -0.25) is 0 Å². The van der Waals surface area contributed by atoms with Crippen LogP contribution in [0, 0.1) is 0 Å². The van der Waals surface area contributed by atoms with Crippen molar-refractivity contribution in [3.63, 3.8) is 0 Å². The highest BCUT2D eigenvalue weighted by Crippen LogP contribution is 2.42. The molecule has 0 saturated carbocycles. The van der Waals surface area contributed by atoms with E-state index < -0.39 is 0 Å². The molecule has 1 saturated heterocycles. The maximum Gasteiger partial charge on any atom is 0.109 e. The van der Waals surface area contributed by atoms with Crippen LogP contribution in [0.3, 0.4) is 0 Å². The molecule has 0 aromatic heterocycles. The summed E-state index contributed by atoms with van der Waals surface area (Å²) in [7, 11) is 2.22. The van der Waals surface area contributed by atoms with Crippen molar-refractivity contribution in [3.05, 3.63) is 29.3 Å². The number of benzene rings is 1. The van der Waals surface area contributed by atoms with Gasteiger partial charge in [0.05, 0.1) is 0 Å². The maximum atomic E-state index is 5.77. The summed E-state index contributed by atoms with van der Waals surface area (Å²) in [6.07, 6.45) is 5.09. The van der Waals surface area contributed by atoms with E-state index in [0.717, 1.165) is 18.1 Å². The molecule has 0 radical (unpaired) electrons. The van der Waals surface area contributed by atoms with Crippen molar-refractivity contribution >= 4 is 35.3 Å². The van der Waals surface area contributed by atoms with E-state index in [-0.39, 0.29) is 17.9 Å². The Morgan fingerprint density at radius 1 is 1.17 bits per heavy atom. The van der Waals surface area contributed by atoms with E-state index in [9.17, 15) is 0 Å². The van der Waals surface area contributed by atoms with Crippen LogP contribution in [0.25, 0.3) is 0 Å². The van der Waals surface area contributed by atoms with Gasteiger partial charge in [-0.2, -0.15) is 0 Å². The van der Waals surface area contributed by atoms with Gasteiger partial charge in [-0.1, -0.05) is 19.1 Å². The Hall–Kier alpha value is -0.800. The SMILES string of the molecule is CC1CC(C)(C)N(C)c2ccc(C(=S)N3CCCCC3)cc21.Cl. The Morgan fingerprint density at radius 2 is 1.83 bits per heavy atom. The third-order valence-corrected chi connectivity index (χ3v) is 6.02. The summed E-state index contributed by atoms with van der Waals surface area (Å²) in [4.78, 5) is 5.86. The maximum absolute atomic E-state index is 5.77. The first-order valence-electron chi connectivity index (χ1n) is 8.57. The van der Waals surface area contributed by atoms with Crippen molar-refractivity contribution in [1.82, 2.24) is 4.90 Å². The van der Waals surface area contributed by atoms with Gasteiger partial charge in [0.15, 0.2) is 0 Å². The topological polar surface area (TPSA) is 6.48 Å². The third kappa shape index (κ3) is 3.51. The quantitative estimate of drug-likeness (QED) is 0.657. The highest BCUT2D eigenvalue weighted by Gasteiger charge is 2.34. The lowest BCUT2D eigenvalue weighted by Crippen LogP contribution is -2.45. The molecule has 2 aliphatic heterocycles. The molecule has 0 amide bonds. The molecule has 3 rings (SSSR count). The van der Waals surface area contributed by atoms with Crippen LogP contribution in [0.2, 0.25) is 0 Å². The van der Waals surface area contributed by atoms with Gasteiger partial charge in [-0.05, 0) is 69.2 Å². The first-order chi connectivity index (χ1) is 10.4. The van der Waals surface area contributed by atoms with Gasteiger partial charge in [0.1, 0.15) is 4.99 Å². The second kappa shape index (κ2) is 6.98. The molecule has 2 nitrogen and oxygen atoms in total. The summed E-state index contributed by atoms with van der Waals surface area (Å²) in [5.74, 6) is 0.588. The van der Waals surface area contributed by atoms with Crippen molar-refractivity contribution in [2.75, 3.05) is 25.0 Å². The zero-order valence-electron chi connectivity index (χ0n) is 14.8. The highest BCUT2D eigenvalue weighted by atomic mass is 35.5. The van der Waals surface area contributed by atoms with E-state index in [4.69, 9.17) is 12.2 Å². The Morgan fingerprint density at radius 3 is 2.48 bits per heavy atom. The smallest absolute Gasteiger partial charge is 0.109 e. The molecular weight excluding hydrogens is 324 g/mol. The van der Waals surface area contributed by atoms with Crippen LogP contribution in [-0.2, 0) is 0 Å². The van der Waals surface area contributed by atoms with Crippen LogP contribution in [0.1, 0.15) is 63.5 Å². The molecule has 1 aromatic rings. The molecule has 1 unspecified atom stereocenters. The van der Waals surface area contributed by atoms with Gasteiger partial charge in [0.25, 0.3) is 0 Å². The second-order valence-electron chi connectivity index (χ2n) is 7.60. The van der Waals surface area contributed by atoms with Gasteiger partial charge >= 0.3 is 0 Å². The summed E-state index contributed by atoms with van der Waals surface area (Å²) in [6.45, 7) is 9.26. The molecule has 2 aliphatic rings. The molecule has 0 N–H and O–H groups in total. The van der Waals surface area contributed by atoms with Crippen LogP contribution in [0.5, 0.6) is 0 Å². The third-order valence-electron chi connectivity index (χ3n) is 5.52. The van der Waals surface area contributed by atoms with Crippen LogP contribution in [0.15, 0.2) is 18.2 Å². The number of nitrogens with zero attached hydrogens (tertiary/aromatic N) is 2. The summed E-state index contributed by atoms with van der Waals surface area (Å²) >= 11 is 5.77. The second-order valence-corrected chi connectivity index (χ2v) is 7.99. The lowest BCUT2D eigenvalue weighted by atomic mass is 9.80. The van der Waals surface area contributed by atoms with Gasteiger partial charge in [-0.25, -0.2) is 0 Å². The number of hydrogen-bond acceptors (Lipinski definition) is 2. The fourth-order valence-corrected chi connectivity index (χ4v) is 4.30. The van der Waals surface area contributed by atoms with Crippen molar-refractivity contribution < 1.29 is 0 Å². The molecular formula is C19H29ClN2S. The van der Waals surface area contributed by atoms with Crippen LogP contribution in [-0.4, -0.2) is 35.6 Å².